The van der Waals surface area contributed by atoms with Crippen molar-refractivity contribution in [3.63, 3.8) is 0 Å². The Labute approximate surface area is 127 Å². The van der Waals surface area contributed by atoms with Gasteiger partial charge >= 0.3 is 5.63 Å². The van der Waals surface area contributed by atoms with Crippen molar-refractivity contribution in [2.75, 3.05) is 13.1 Å². The van der Waals surface area contributed by atoms with Crippen molar-refractivity contribution in [1.82, 2.24) is 9.29 Å². The van der Waals surface area contributed by atoms with Gasteiger partial charge in [-0.25, -0.2) is 13.2 Å². The van der Waals surface area contributed by atoms with Gasteiger partial charge in [-0.2, -0.15) is 4.31 Å². The van der Waals surface area contributed by atoms with Crippen LogP contribution in [0.1, 0.15) is 5.76 Å². The van der Waals surface area contributed by atoms with Gasteiger partial charge in [-0.1, -0.05) is 0 Å². The summed E-state index contributed by atoms with van der Waals surface area (Å²) in [6, 6.07) is 5.92. The molecule has 22 heavy (non-hydrogen) atoms. The average molecular weight is 322 g/mol. The molecule has 0 amide bonds. The molecule has 0 saturated carbocycles. The maximum Gasteiger partial charge on any atom is 0.339 e. The van der Waals surface area contributed by atoms with E-state index in [9.17, 15) is 13.2 Å². The van der Waals surface area contributed by atoms with Crippen LogP contribution >= 0.6 is 0 Å². The first-order valence-corrected chi connectivity index (χ1v) is 8.08. The molecule has 0 aromatic carbocycles. The van der Waals surface area contributed by atoms with Crippen molar-refractivity contribution >= 4 is 10.0 Å². The highest BCUT2D eigenvalue weighted by Crippen LogP contribution is 2.24. The number of nitrogens with zero attached hydrogens (tertiary/aromatic N) is 2. The fourth-order valence-corrected chi connectivity index (χ4v) is 3.62. The van der Waals surface area contributed by atoms with Crippen molar-refractivity contribution in [1.29, 1.82) is 0 Å². The topological polar surface area (TPSA) is 89.7 Å². The van der Waals surface area contributed by atoms with E-state index in [0.717, 1.165) is 0 Å². The molecule has 116 valence electrons. The Balaban J connectivity index is 1.66. The van der Waals surface area contributed by atoms with E-state index in [0.29, 0.717) is 11.5 Å². The van der Waals surface area contributed by atoms with Crippen LogP contribution in [0.5, 0.6) is 5.75 Å². The Morgan fingerprint density at radius 1 is 1.36 bits per heavy atom. The Bertz CT molecular complexity index is 826. The largest absolute Gasteiger partial charge is 0.487 e. The fraction of sp³-hybridized carbons (Fsp3) is 0.286. The third-order valence-electron chi connectivity index (χ3n) is 3.26. The molecule has 1 aliphatic heterocycles. The lowest BCUT2D eigenvalue weighted by molar-refractivity contribution is 0.0754. The third kappa shape index (κ3) is 2.88. The fourth-order valence-electron chi connectivity index (χ4n) is 2.16. The van der Waals surface area contributed by atoms with E-state index in [1.54, 1.807) is 19.1 Å². The molecule has 2 aromatic heterocycles. The minimum absolute atomic E-state index is 0.157. The van der Waals surface area contributed by atoms with Crippen LogP contribution in [0.15, 0.2) is 50.8 Å². The standard InChI is InChI=1S/C14H14N2O5S/c1-10-5-11(6-14(17)20-10)21-12-8-16(9-12)22(18,19)13-3-2-4-15-7-13/h2-7,12H,8-9H2,1H3. The monoisotopic (exact) mass is 322 g/mol. The van der Waals surface area contributed by atoms with Crippen LogP contribution < -0.4 is 10.4 Å². The summed E-state index contributed by atoms with van der Waals surface area (Å²) in [7, 11) is -3.53. The summed E-state index contributed by atoms with van der Waals surface area (Å²) in [5.74, 6) is 0.832. The van der Waals surface area contributed by atoms with Gasteiger partial charge in [0.15, 0.2) is 0 Å². The van der Waals surface area contributed by atoms with Crippen molar-refractivity contribution < 1.29 is 17.6 Å². The maximum atomic E-state index is 12.3. The smallest absolute Gasteiger partial charge is 0.339 e. The molecule has 0 radical (unpaired) electrons. The number of aryl methyl sites for hydroxylation is 1. The molecule has 0 bridgehead atoms. The zero-order valence-corrected chi connectivity index (χ0v) is 12.6. The van der Waals surface area contributed by atoms with Crippen molar-refractivity contribution in [2.24, 2.45) is 0 Å². The van der Waals surface area contributed by atoms with Crippen LogP contribution in [0.25, 0.3) is 0 Å². The molecular weight excluding hydrogens is 308 g/mol. The van der Waals surface area contributed by atoms with Gasteiger partial charge in [0.25, 0.3) is 0 Å². The summed E-state index contributed by atoms with van der Waals surface area (Å²) in [6.45, 7) is 2.11. The molecule has 0 unspecified atom stereocenters. The van der Waals surface area contributed by atoms with Crippen LogP contribution in [-0.2, 0) is 10.0 Å². The Morgan fingerprint density at radius 2 is 2.14 bits per heavy atom. The second kappa shape index (κ2) is 5.54. The molecule has 1 aliphatic rings. The first kappa shape index (κ1) is 14.7. The van der Waals surface area contributed by atoms with Gasteiger partial charge in [0.2, 0.25) is 10.0 Å². The first-order chi connectivity index (χ1) is 10.4. The SMILES string of the molecule is Cc1cc(OC2CN(S(=O)(=O)c3cccnc3)C2)cc(=O)o1. The molecule has 0 aliphatic carbocycles. The lowest BCUT2D eigenvalue weighted by Crippen LogP contribution is -2.56. The predicted molar refractivity (Wildman–Crippen MR) is 77.1 cm³/mol. The van der Waals surface area contributed by atoms with Crippen LogP contribution in [0, 0.1) is 6.92 Å². The van der Waals surface area contributed by atoms with Crippen molar-refractivity contribution in [3.05, 3.63) is 52.8 Å². The van der Waals surface area contributed by atoms with Gasteiger partial charge in [0.1, 0.15) is 22.5 Å². The maximum absolute atomic E-state index is 12.3. The van der Waals surface area contributed by atoms with E-state index in [-0.39, 0.29) is 24.1 Å². The summed E-state index contributed by atoms with van der Waals surface area (Å²) in [5, 5.41) is 0. The van der Waals surface area contributed by atoms with E-state index < -0.39 is 15.6 Å². The number of sulfonamides is 1. The highest BCUT2D eigenvalue weighted by Gasteiger charge is 2.38. The Hall–Kier alpha value is -2.19. The summed E-state index contributed by atoms with van der Waals surface area (Å²) >= 11 is 0. The van der Waals surface area contributed by atoms with Crippen LogP contribution in [0.3, 0.4) is 0 Å². The normalized spacial score (nSPS) is 16.2. The highest BCUT2D eigenvalue weighted by atomic mass is 32.2. The van der Waals surface area contributed by atoms with Gasteiger partial charge in [-0.3, -0.25) is 4.98 Å². The lowest BCUT2D eigenvalue weighted by atomic mass is 10.2. The van der Waals surface area contributed by atoms with Crippen molar-refractivity contribution in [2.45, 2.75) is 17.9 Å². The van der Waals surface area contributed by atoms with Crippen molar-refractivity contribution in [3.8, 4) is 5.75 Å². The molecule has 8 heteroatoms. The summed E-state index contributed by atoms with van der Waals surface area (Å²) in [6.07, 6.45) is 2.55. The lowest BCUT2D eigenvalue weighted by Gasteiger charge is -2.37. The van der Waals surface area contributed by atoms with Crippen LogP contribution in [0.4, 0.5) is 0 Å². The molecule has 0 N–H and O–H groups in total. The van der Waals surface area contributed by atoms with Crippen LogP contribution in [0.2, 0.25) is 0 Å². The molecule has 2 aromatic rings. The van der Waals surface area contributed by atoms with E-state index in [1.165, 1.54) is 28.8 Å². The molecule has 7 nitrogen and oxygen atoms in total. The number of rotatable bonds is 4. The van der Waals surface area contributed by atoms with Gasteiger partial charge in [-0.15, -0.1) is 0 Å². The molecule has 3 rings (SSSR count). The van der Waals surface area contributed by atoms with Gasteiger partial charge in [0.05, 0.1) is 19.2 Å². The number of hydrogen-bond donors (Lipinski definition) is 0. The number of pyridine rings is 1. The molecule has 1 fully saturated rings. The number of ether oxygens (including phenoxy) is 1. The van der Waals surface area contributed by atoms with E-state index in [4.69, 9.17) is 9.15 Å². The second-order valence-corrected chi connectivity index (χ2v) is 6.91. The van der Waals surface area contributed by atoms with Gasteiger partial charge < -0.3 is 9.15 Å². The Morgan fingerprint density at radius 3 is 2.77 bits per heavy atom. The minimum atomic E-state index is -3.53. The van der Waals surface area contributed by atoms with Gasteiger partial charge in [-0.05, 0) is 19.1 Å². The molecule has 0 spiro atoms. The summed E-state index contributed by atoms with van der Waals surface area (Å²) in [5.41, 5.74) is -0.492. The molecule has 1 saturated heterocycles. The molecule has 3 heterocycles. The van der Waals surface area contributed by atoms with E-state index >= 15 is 0 Å². The molecular formula is C14H14N2O5S. The van der Waals surface area contributed by atoms with E-state index in [2.05, 4.69) is 4.98 Å². The second-order valence-electron chi connectivity index (χ2n) is 4.97. The predicted octanol–water partition coefficient (Wildman–Crippen LogP) is 0.795. The third-order valence-corrected chi connectivity index (χ3v) is 5.07. The molecule has 0 atom stereocenters. The quantitative estimate of drug-likeness (QED) is 0.827. The zero-order valence-electron chi connectivity index (χ0n) is 11.8. The average Bonchev–Trinajstić information content (AvgIpc) is 2.42. The number of aromatic nitrogens is 1. The zero-order chi connectivity index (χ0) is 15.7. The Kier molecular flexibility index (Phi) is 3.71. The first-order valence-electron chi connectivity index (χ1n) is 6.64. The minimum Gasteiger partial charge on any atom is -0.487 e. The van der Waals surface area contributed by atoms with Crippen LogP contribution in [-0.4, -0.2) is 36.9 Å². The summed E-state index contributed by atoms with van der Waals surface area (Å²) in [4.78, 5) is 15.2. The summed E-state index contributed by atoms with van der Waals surface area (Å²) < 4.78 is 36.3. The van der Waals surface area contributed by atoms with Gasteiger partial charge in [0, 0.05) is 18.5 Å². The highest BCUT2D eigenvalue weighted by molar-refractivity contribution is 7.89. The number of hydrogen-bond acceptors (Lipinski definition) is 6. The van der Waals surface area contributed by atoms with E-state index in [1.807, 2.05) is 0 Å².